The summed E-state index contributed by atoms with van der Waals surface area (Å²) in [5.74, 6) is 0. The molecule has 0 unspecified atom stereocenters. The molecule has 0 atom stereocenters. The molecule has 0 aromatic heterocycles. The lowest BCUT2D eigenvalue weighted by molar-refractivity contribution is 1.34. The maximum Gasteiger partial charge on any atom is 0.0870 e. The summed E-state index contributed by atoms with van der Waals surface area (Å²) in [7, 11) is 0. The normalized spacial score (nSPS) is 11.0. The zero-order valence-electron chi connectivity index (χ0n) is 18.3. The minimum atomic E-state index is 0.304. The Balaban J connectivity index is 1.71. The summed E-state index contributed by atoms with van der Waals surface area (Å²) in [5, 5.41) is 12.1. The fourth-order valence-corrected chi connectivity index (χ4v) is 3.58. The van der Waals surface area contributed by atoms with Gasteiger partial charge in [0.05, 0.1) is 11.4 Å². The second-order valence-corrected chi connectivity index (χ2v) is 7.58. The average molecular weight is 428 g/mol. The minimum absolute atomic E-state index is 0.304. The van der Waals surface area contributed by atoms with Crippen LogP contribution < -0.4 is 5.32 Å². The van der Waals surface area contributed by atoms with Crippen LogP contribution in [0.1, 0.15) is 5.56 Å². The molecule has 0 aliphatic carbocycles. The monoisotopic (exact) mass is 427 g/mol. The molecule has 0 bridgehead atoms. The van der Waals surface area contributed by atoms with E-state index in [1.165, 1.54) is 0 Å². The summed E-state index contributed by atoms with van der Waals surface area (Å²) in [5.41, 5.74) is 7.31. The zero-order chi connectivity index (χ0) is 23.0. The standard InChI is InChI=1S/C30H25N3/c1-22(29(32-2)21-33-28-16-10-5-11-17-28)30(31)27-19-25(23-12-6-3-7-13-23)18-26(20-27)24-14-8-4-9-15-24/h3-21,31,33H,1-2H2/b29-21+,31-30?. The van der Waals surface area contributed by atoms with E-state index in [2.05, 4.69) is 53.9 Å². The molecular formula is C30H25N3. The van der Waals surface area contributed by atoms with Gasteiger partial charge in [0.2, 0.25) is 0 Å². The summed E-state index contributed by atoms with van der Waals surface area (Å²) in [4.78, 5) is 4.12. The molecule has 33 heavy (non-hydrogen) atoms. The number of benzene rings is 4. The van der Waals surface area contributed by atoms with E-state index in [1.54, 1.807) is 6.20 Å². The minimum Gasteiger partial charge on any atom is -0.360 e. The van der Waals surface area contributed by atoms with Gasteiger partial charge in [-0.15, -0.1) is 0 Å². The molecule has 0 saturated heterocycles. The van der Waals surface area contributed by atoms with E-state index in [4.69, 9.17) is 5.41 Å². The third kappa shape index (κ3) is 5.23. The highest BCUT2D eigenvalue weighted by atomic mass is 14.9. The summed E-state index contributed by atoms with van der Waals surface area (Å²) in [6.45, 7) is 7.84. The molecule has 4 aromatic carbocycles. The average Bonchev–Trinajstić information content (AvgIpc) is 2.90. The lowest BCUT2D eigenvalue weighted by atomic mass is 9.92. The first-order valence-corrected chi connectivity index (χ1v) is 10.7. The van der Waals surface area contributed by atoms with Crippen molar-refractivity contribution in [2.75, 3.05) is 5.32 Å². The molecular weight excluding hydrogens is 402 g/mol. The molecule has 0 amide bonds. The number of nitrogens with one attached hydrogen (secondary N) is 2. The third-order valence-electron chi connectivity index (χ3n) is 5.37. The van der Waals surface area contributed by atoms with Gasteiger partial charge in [-0.05, 0) is 59.3 Å². The van der Waals surface area contributed by atoms with Crippen molar-refractivity contribution in [1.82, 2.24) is 0 Å². The van der Waals surface area contributed by atoms with Crippen LogP contribution in [0, 0.1) is 5.41 Å². The van der Waals surface area contributed by atoms with Gasteiger partial charge in [-0.2, -0.15) is 0 Å². The fraction of sp³-hybridized carbons (Fsp3) is 0. The van der Waals surface area contributed by atoms with Gasteiger partial charge < -0.3 is 5.32 Å². The molecule has 0 fully saturated rings. The lowest BCUT2D eigenvalue weighted by Crippen LogP contribution is -2.06. The van der Waals surface area contributed by atoms with Crippen molar-refractivity contribution in [2.24, 2.45) is 4.99 Å². The van der Waals surface area contributed by atoms with Gasteiger partial charge in [-0.1, -0.05) is 85.4 Å². The first kappa shape index (κ1) is 21.7. The molecule has 2 N–H and O–H groups in total. The highest BCUT2D eigenvalue weighted by molar-refractivity contribution is 6.14. The van der Waals surface area contributed by atoms with Crippen LogP contribution in [-0.2, 0) is 0 Å². The number of aliphatic imine (C=N–C) groups is 1. The Labute approximate surface area is 195 Å². The number of nitrogens with zero attached hydrogens (tertiary/aromatic N) is 1. The topological polar surface area (TPSA) is 48.2 Å². The molecule has 3 nitrogen and oxygen atoms in total. The van der Waals surface area contributed by atoms with E-state index in [1.807, 2.05) is 78.9 Å². The van der Waals surface area contributed by atoms with Crippen molar-refractivity contribution >= 4 is 18.1 Å². The predicted molar refractivity (Wildman–Crippen MR) is 141 cm³/mol. The van der Waals surface area contributed by atoms with Gasteiger partial charge in [0.1, 0.15) is 0 Å². The van der Waals surface area contributed by atoms with Crippen LogP contribution in [0.3, 0.4) is 0 Å². The van der Waals surface area contributed by atoms with E-state index in [0.29, 0.717) is 17.0 Å². The van der Waals surface area contributed by atoms with Gasteiger partial charge >= 0.3 is 0 Å². The van der Waals surface area contributed by atoms with Crippen LogP contribution in [0.2, 0.25) is 0 Å². The largest absolute Gasteiger partial charge is 0.360 e. The molecule has 0 spiro atoms. The smallest absolute Gasteiger partial charge is 0.0870 e. The Morgan fingerprint density at radius 3 is 1.67 bits per heavy atom. The second-order valence-electron chi connectivity index (χ2n) is 7.58. The maximum absolute atomic E-state index is 8.91. The first-order valence-electron chi connectivity index (χ1n) is 10.7. The van der Waals surface area contributed by atoms with Crippen molar-refractivity contribution in [3.63, 3.8) is 0 Å². The molecule has 3 heteroatoms. The predicted octanol–water partition coefficient (Wildman–Crippen LogP) is 7.60. The number of para-hydroxylation sites is 1. The molecule has 4 rings (SSSR count). The van der Waals surface area contributed by atoms with Crippen LogP contribution in [0.25, 0.3) is 22.3 Å². The Kier molecular flexibility index (Phi) is 6.72. The first-order chi connectivity index (χ1) is 16.2. The molecule has 0 radical (unpaired) electrons. The maximum atomic E-state index is 8.91. The van der Waals surface area contributed by atoms with Gasteiger partial charge in [0.25, 0.3) is 0 Å². The summed E-state index contributed by atoms with van der Waals surface area (Å²) < 4.78 is 0. The van der Waals surface area contributed by atoms with Crippen molar-refractivity contribution in [1.29, 1.82) is 5.41 Å². The quantitative estimate of drug-likeness (QED) is 0.221. The number of hydrogen-bond donors (Lipinski definition) is 2. The number of allylic oxidation sites excluding steroid dienone is 1. The lowest BCUT2D eigenvalue weighted by Gasteiger charge is -2.14. The summed E-state index contributed by atoms with van der Waals surface area (Å²) >= 11 is 0. The Morgan fingerprint density at radius 2 is 1.18 bits per heavy atom. The van der Waals surface area contributed by atoms with Crippen molar-refractivity contribution < 1.29 is 0 Å². The van der Waals surface area contributed by atoms with Gasteiger partial charge in [0, 0.05) is 23.0 Å². The van der Waals surface area contributed by atoms with E-state index in [9.17, 15) is 0 Å². The number of rotatable bonds is 8. The SMILES string of the molecule is C=N/C(=C/Nc1ccccc1)C(=C)C(=N)c1cc(-c2ccccc2)cc(-c2ccccc2)c1. The van der Waals surface area contributed by atoms with Crippen molar-refractivity contribution in [2.45, 2.75) is 0 Å². The van der Waals surface area contributed by atoms with Crippen LogP contribution in [0.15, 0.2) is 138 Å². The van der Waals surface area contributed by atoms with Crippen LogP contribution in [0.4, 0.5) is 5.69 Å². The Bertz CT molecular complexity index is 1250. The van der Waals surface area contributed by atoms with Crippen molar-refractivity contribution in [3.8, 4) is 22.3 Å². The molecule has 0 aliphatic rings. The summed E-state index contributed by atoms with van der Waals surface area (Å²) in [6.07, 6.45) is 1.73. The second kappa shape index (κ2) is 10.2. The molecule has 0 aliphatic heterocycles. The summed E-state index contributed by atoms with van der Waals surface area (Å²) in [6, 6.07) is 36.4. The Morgan fingerprint density at radius 1 is 0.697 bits per heavy atom. The third-order valence-corrected chi connectivity index (χ3v) is 5.37. The van der Waals surface area contributed by atoms with Gasteiger partial charge in [-0.3, -0.25) is 10.4 Å². The van der Waals surface area contributed by atoms with E-state index < -0.39 is 0 Å². The zero-order valence-corrected chi connectivity index (χ0v) is 18.3. The van der Waals surface area contributed by atoms with Gasteiger partial charge in [0.15, 0.2) is 0 Å². The molecule has 0 heterocycles. The number of hydrogen-bond acceptors (Lipinski definition) is 3. The van der Waals surface area contributed by atoms with Gasteiger partial charge in [-0.25, -0.2) is 0 Å². The Hall–Kier alpha value is -4.50. The van der Waals surface area contributed by atoms with E-state index >= 15 is 0 Å². The van der Waals surface area contributed by atoms with E-state index in [-0.39, 0.29) is 0 Å². The molecule has 4 aromatic rings. The molecule has 0 saturated carbocycles. The van der Waals surface area contributed by atoms with Crippen LogP contribution >= 0.6 is 0 Å². The number of anilines is 1. The van der Waals surface area contributed by atoms with E-state index in [0.717, 1.165) is 33.5 Å². The van der Waals surface area contributed by atoms with Crippen molar-refractivity contribution in [3.05, 3.63) is 139 Å². The van der Waals surface area contributed by atoms with Crippen LogP contribution in [-0.4, -0.2) is 12.4 Å². The highest BCUT2D eigenvalue weighted by Gasteiger charge is 2.14. The van der Waals surface area contributed by atoms with Crippen LogP contribution in [0.5, 0.6) is 0 Å². The fourth-order valence-electron chi connectivity index (χ4n) is 3.58. The molecule has 160 valence electrons. The highest BCUT2D eigenvalue weighted by Crippen LogP contribution is 2.30.